The lowest BCUT2D eigenvalue weighted by molar-refractivity contribution is 0.102. The molecule has 1 heterocycles. The fourth-order valence-electron chi connectivity index (χ4n) is 2.20. The Kier molecular flexibility index (Phi) is 4.39. The van der Waals surface area contributed by atoms with E-state index in [-0.39, 0.29) is 11.7 Å². The molecule has 0 spiro atoms. The molecule has 2 N–H and O–H groups in total. The number of aromatic hydroxyl groups is 1. The molecule has 0 fully saturated rings. The molecule has 116 valence electrons. The van der Waals surface area contributed by atoms with Gasteiger partial charge in [0.1, 0.15) is 11.4 Å². The fourth-order valence-corrected chi connectivity index (χ4v) is 3.01. The molecule has 5 heteroatoms. The Balaban J connectivity index is 1.72. The summed E-state index contributed by atoms with van der Waals surface area (Å²) in [6.45, 7) is 1.90. The van der Waals surface area contributed by atoms with Crippen LogP contribution < -0.4 is 5.32 Å². The maximum atomic E-state index is 12.3. The standard InChI is InChI=1S/C18H16N2O2S/c1-12-7-8-16(21)14(9-12)20-18(22)15-11-23-17(19-15)10-13-5-3-2-4-6-13/h2-9,11,21H,10H2,1H3,(H,20,22). The van der Waals surface area contributed by atoms with E-state index in [0.717, 1.165) is 16.1 Å². The molecule has 1 amide bonds. The Morgan fingerprint density at radius 2 is 2.00 bits per heavy atom. The summed E-state index contributed by atoms with van der Waals surface area (Å²) in [4.78, 5) is 16.6. The first-order valence-electron chi connectivity index (χ1n) is 7.21. The van der Waals surface area contributed by atoms with Gasteiger partial charge in [0, 0.05) is 11.8 Å². The lowest BCUT2D eigenvalue weighted by Gasteiger charge is -2.06. The van der Waals surface area contributed by atoms with Crippen LogP contribution in [0.2, 0.25) is 0 Å². The van der Waals surface area contributed by atoms with Gasteiger partial charge in [0.05, 0.1) is 10.7 Å². The van der Waals surface area contributed by atoms with Crippen LogP contribution in [-0.4, -0.2) is 16.0 Å². The van der Waals surface area contributed by atoms with Crippen LogP contribution in [0.15, 0.2) is 53.9 Å². The van der Waals surface area contributed by atoms with Gasteiger partial charge in [0.2, 0.25) is 0 Å². The summed E-state index contributed by atoms with van der Waals surface area (Å²) in [6.07, 6.45) is 0.703. The molecule has 0 radical (unpaired) electrons. The molecule has 0 saturated heterocycles. The third-order valence-electron chi connectivity index (χ3n) is 3.38. The zero-order valence-electron chi connectivity index (χ0n) is 12.6. The number of nitrogens with zero attached hydrogens (tertiary/aromatic N) is 1. The first-order chi connectivity index (χ1) is 11.1. The number of carbonyl (C=O) groups is 1. The molecular formula is C18H16N2O2S. The second kappa shape index (κ2) is 6.62. The van der Waals surface area contributed by atoms with Gasteiger partial charge in [-0.3, -0.25) is 4.79 Å². The van der Waals surface area contributed by atoms with E-state index in [4.69, 9.17) is 0 Å². The number of amides is 1. The molecule has 0 bridgehead atoms. The molecule has 4 nitrogen and oxygen atoms in total. The normalized spacial score (nSPS) is 10.5. The van der Waals surface area contributed by atoms with Gasteiger partial charge in [-0.1, -0.05) is 36.4 Å². The molecule has 3 rings (SSSR count). The number of hydrogen-bond acceptors (Lipinski definition) is 4. The van der Waals surface area contributed by atoms with E-state index in [2.05, 4.69) is 10.3 Å². The maximum absolute atomic E-state index is 12.3. The van der Waals surface area contributed by atoms with E-state index in [1.807, 2.05) is 37.3 Å². The number of hydrogen-bond donors (Lipinski definition) is 2. The number of nitrogens with one attached hydrogen (secondary N) is 1. The Morgan fingerprint density at radius 3 is 2.78 bits per heavy atom. The Morgan fingerprint density at radius 1 is 1.22 bits per heavy atom. The highest BCUT2D eigenvalue weighted by atomic mass is 32.1. The minimum atomic E-state index is -0.318. The number of anilines is 1. The van der Waals surface area contributed by atoms with E-state index in [1.165, 1.54) is 11.3 Å². The number of benzene rings is 2. The number of phenols is 1. The largest absolute Gasteiger partial charge is 0.506 e. The SMILES string of the molecule is Cc1ccc(O)c(NC(=O)c2csc(Cc3ccccc3)n2)c1. The van der Waals surface area contributed by atoms with Crippen molar-refractivity contribution in [3.63, 3.8) is 0 Å². The number of aromatic nitrogens is 1. The van der Waals surface area contributed by atoms with Crippen molar-refractivity contribution in [1.82, 2.24) is 4.98 Å². The lowest BCUT2D eigenvalue weighted by atomic mass is 10.2. The minimum Gasteiger partial charge on any atom is -0.506 e. The molecule has 0 aliphatic rings. The smallest absolute Gasteiger partial charge is 0.275 e. The fraction of sp³-hybridized carbons (Fsp3) is 0.111. The average Bonchev–Trinajstić information content (AvgIpc) is 3.00. The van der Waals surface area contributed by atoms with Gasteiger partial charge >= 0.3 is 0 Å². The van der Waals surface area contributed by atoms with Crippen LogP contribution in [0.5, 0.6) is 5.75 Å². The highest BCUT2D eigenvalue weighted by molar-refractivity contribution is 7.09. The highest BCUT2D eigenvalue weighted by Crippen LogP contribution is 2.24. The first kappa shape index (κ1) is 15.2. The number of thiazole rings is 1. The van der Waals surface area contributed by atoms with Crippen molar-refractivity contribution in [3.8, 4) is 5.75 Å². The van der Waals surface area contributed by atoms with Crippen LogP contribution in [0, 0.1) is 6.92 Å². The van der Waals surface area contributed by atoms with Crippen molar-refractivity contribution in [2.45, 2.75) is 13.3 Å². The number of carbonyl (C=O) groups excluding carboxylic acids is 1. The Hall–Kier alpha value is -2.66. The zero-order valence-corrected chi connectivity index (χ0v) is 13.4. The van der Waals surface area contributed by atoms with Crippen molar-refractivity contribution < 1.29 is 9.90 Å². The molecule has 0 aliphatic carbocycles. The number of phenolic OH excluding ortho intramolecular Hbond substituents is 1. The molecule has 0 atom stereocenters. The maximum Gasteiger partial charge on any atom is 0.275 e. The summed E-state index contributed by atoms with van der Waals surface area (Å²) in [6, 6.07) is 15.1. The van der Waals surface area contributed by atoms with Crippen LogP contribution in [-0.2, 0) is 6.42 Å². The monoisotopic (exact) mass is 324 g/mol. The molecule has 0 aliphatic heterocycles. The molecule has 0 unspecified atom stereocenters. The molecular weight excluding hydrogens is 308 g/mol. The lowest BCUT2D eigenvalue weighted by Crippen LogP contribution is -2.12. The Labute approximate surface area is 138 Å². The molecule has 3 aromatic rings. The van der Waals surface area contributed by atoms with Gasteiger partial charge in [0.25, 0.3) is 5.91 Å². The molecule has 23 heavy (non-hydrogen) atoms. The van der Waals surface area contributed by atoms with Crippen LogP contribution >= 0.6 is 11.3 Å². The first-order valence-corrected chi connectivity index (χ1v) is 8.09. The average molecular weight is 324 g/mol. The summed E-state index contributed by atoms with van der Waals surface area (Å²) < 4.78 is 0. The summed E-state index contributed by atoms with van der Waals surface area (Å²) in [5, 5.41) is 15.1. The van der Waals surface area contributed by atoms with E-state index in [1.54, 1.807) is 23.6 Å². The van der Waals surface area contributed by atoms with Crippen molar-refractivity contribution in [2.24, 2.45) is 0 Å². The summed E-state index contributed by atoms with van der Waals surface area (Å²) in [5.41, 5.74) is 2.88. The number of aryl methyl sites for hydroxylation is 1. The molecule has 2 aromatic carbocycles. The van der Waals surface area contributed by atoms with E-state index in [9.17, 15) is 9.90 Å². The van der Waals surface area contributed by atoms with Gasteiger partial charge in [-0.05, 0) is 30.2 Å². The topological polar surface area (TPSA) is 62.2 Å². The van der Waals surface area contributed by atoms with Gasteiger partial charge in [-0.15, -0.1) is 11.3 Å². The Bertz CT molecular complexity index is 828. The van der Waals surface area contributed by atoms with Crippen molar-refractivity contribution in [2.75, 3.05) is 5.32 Å². The quantitative estimate of drug-likeness (QED) is 0.713. The highest BCUT2D eigenvalue weighted by Gasteiger charge is 2.13. The van der Waals surface area contributed by atoms with Crippen molar-refractivity contribution >= 4 is 22.9 Å². The van der Waals surface area contributed by atoms with Gasteiger partial charge < -0.3 is 10.4 Å². The second-order valence-electron chi connectivity index (χ2n) is 5.26. The summed E-state index contributed by atoms with van der Waals surface area (Å²) >= 11 is 1.46. The van der Waals surface area contributed by atoms with Gasteiger partial charge in [-0.25, -0.2) is 4.98 Å². The zero-order chi connectivity index (χ0) is 16.2. The van der Waals surface area contributed by atoms with E-state index in [0.29, 0.717) is 17.8 Å². The summed E-state index contributed by atoms with van der Waals surface area (Å²) in [7, 11) is 0. The molecule has 0 saturated carbocycles. The van der Waals surface area contributed by atoms with Crippen molar-refractivity contribution in [1.29, 1.82) is 0 Å². The third-order valence-corrected chi connectivity index (χ3v) is 4.23. The van der Waals surface area contributed by atoms with Crippen molar-refractivity contribution in [3.05, 3.63) is 75.7 Å². The predicted molar refractivity (Wildman–Crippen MR) is 92.2 cm³/mol. The van der Waals surface area contributed by atoms with Crippen LogP contribution in [0.25, 0.3) is 0 Å². The van der Waals surface area contributed by atoms with Gasteiger partial charge in [-0.2, -0.15) is 0 Å². The summed E-state index contributed by atoms with van der Waals surface area (Å²) in [5.74, 6) is -0.273. The van der Waals surface area contributed by atoms with Crippen LogP contribution in [0.1, 0.15) is 26.6 Å². The van der Waals surface area contributed by atoms with Gasteiger partial charge in [0.15, 0.2) is 0 Å². The minimum absolute atomic E-state index is 0.0451. The van der Waals surface area contributed by atoms with Crippen LogP contribution in [0.4, 0.5) is 5.69 Å². The predicted octanol–water partition coefficient (Wildman–Crippen LogP) is 4.00. The third kappa shape index (κ3) is 3.76. The number of rotatable bonds is 4. The second-order valence-corrected chi connectivity index (χ2v) is 6.21. The van der Waals surface area contributed by atoms with E-state index < -0.39 is 0 Å². The molecule has 1 aromatic heterocycles. The van der Waals surface area contributed by atoms with Crippen LogP contribution in [0.3, 0.4) is 0 Å². The van der Waals surface area contributed by atoms with E-state index >= 15 is 0 Å².